The van der Waals surface area contributed by atoms with Crippen molar-refractivity contribution in [2.24, 2.45) is 0 Å². The van der Waals surface area contributed by atoms with Gasteiger partial charge in [0.25, 0.3) is 0 Å². The summed E-state index contributed by atoms with van der Waals surface area (Å²) in [5, 5.41) is 29.9. The van der Waals surface area contributed by atoms with Gasteiger partial charge in [0.2, 0.25) is 0 Å². The zero-order valence-electron chi connectivity index (χ0n) is 17.1. The van der Waals surface area contributed by atoms with Gasteiger partial charge in [0.15, 0.2) is 5.78 Å². The number of aromatic hydroxyl groups is 3. The van der Waals surface area contributed by atoms with E-state index >= 15 is 0 Å². The summed E-state index contributed by atoms with van der Waals surface area (Å²) < 4.78 is 0. The number of hydrogen-bond acceptors (Lipinski definition) is 4. The van der Waals surface area contributed by atoms with Gasteiger partial charge in [0.1, 0.15) is 22.8 Å². The highest BCUT2D eigenvalue weighted by molar-refractivity contribution is 6.00. The Balaban J connectivity index is 2.71. The number of carbonyl (C=O) groups is 1. The predicted molar refractivity (Wildman–Crippen MR) is 111 cm³/mol. The monoisotopic (exact) mass is 372 g/mol. The van der Waals surface area contributed by atoms with Crippen LogP contribution in [0.5, 0.6) is 17.2 Å². The topological polar surface area (TPSA) is 77.8 Å². The molecule has 0 saturated carbocycles. The molecule has 27 heavy (non-hydrogen) atoms. The molecule has 3 N–H and O–H groups in total. The number of phenolic OH excluding ortho intramolecular Hbond substituents is 3. The fourth-order valence-corrected chi connectivity index (χ4v) is 2.85. The summed E-state index contributed by atoms with van der Waals surface area (Å²) in [7, 11) is 0. The van der Waals surface area contributed by atoms with Crippen LogP contribution in [-0.2, 0) is 6.42 Å². The molecule has 0 aliphatic carbocycles. The SMILES string of the molecule is CC(=O)c1c(O)cc(O)c(C/C=C(/C)CC/C=C(/C)CCC=C(C)C)c1O. The first kappa shape index (κ1) is 22.6. The van der Waals surface area contributed by atoms with Gasteiger partial charge < -0.3 is 15.3 Å². The Morgan fingerprint density at radius 1 is 0.852 bits per heavy atom. The summed E-state index contributed by atoms with van der Waals surface area (Å²) in [6.07, 6.45) is 10.7. The third-order valence-corrected chi connectivity index (χ3v) is 4.49. The van der Waals surface area contributed by atoms with Crippen molar-refractivity contribution in [3.8, 4) is 17.2 Å². The molecule has 0 unspecified atom stereocenters. The van der Waals surface area contributed by atoms with Gasteiger partial charge in [-0.2, -0.15) is 0 Å². The first-order valence-corrected chi connectivity index (χ1v) is 9.35. The van der Waals surface area contributed by atoms with Crippen LogP contribution in [0.15, 0.2) is 41.0 Å². The Hall–Kier alpha value is -2.49. The molecule has 0 spiro atoms. The van der Waals surface area contributed by atoms with Crippen molar-refractivity contribution in [1.82, 2.24) is 0 Å². The third-order valence-electron chi connectivity index (χ3n) is 4.49. The molecule has 0 bridgehead atoms. The zero-order valence-corrected chi connectivity index (χ0v) is 17.1. The van der Waals surface area contributed by atoms with Gasteiger partial charge in [-0.15, -0.1) is 0 Å². The fourth-order valence-electron chi connectivity index (χ4n) is 2.85. The molecule has 0 atom stereocenters. The molecule has 148 valence electrons. The van der Waals surface area contributed by atoms with Crippen LogP contribution in [0.25, 0.3) is 0 Å². The number of Topliss-reactive ketones (excluding diaryl/α,β-unsaturated/α-hetero) is 1. The molecular formula is C23H32O4. The van der Waals surface area contributed by atoms with Crippen LogP contribution >= 0.6 is 0 Å². The Labute approximate surface area is 162 Å². The largest absolute Gasteiger partial charge is 0.507 e. The van der Waals surface area contributed by atoms with Crippen LogP contribution in [0.2, 0.25) is 0 Å². The van der Waals surface area contributed by atoms with Crippen LogP contribution in [0.4, 0.5) is 0 Å². The smallest absolute Gasteiger partial charge is 0.167 e. The van der Waals surface area contributed by atoms with Gasteiger partial charge in [-0.3, -0.25) is 4.79 Å². The summed E-state index contributed by atoms with van der Waals surface area (Å²) in [6, 6.07) is 1.10. The lowest BCUT2D eigenvalue weighted by Crippen LogP contribution is -1.97. The Morgan fingerprint density at radius 2 is 1.41 bits per heavy atom. The van der Waals surface area contributed by atoms with E-state index in [-0.39, 0.29) is 22.6 Å². The van der Waals surface area contributed by atoms with E-state index in [4.69, 9.17) is 0 Å². The first-order chi connectivity index (χ1) is 12.6. The normalized spacial score (nSPS) is 12.2. The molecule has 0 amide bonds. The van der Waals surface area contributed by atoms with E-state index in [1.54, 1.807) is 0 Å². The number of carbonyl (C=O) groups excluding carboxylic acids is 1. The summed E-state index contributed by atoms with van der Waals surface area (Å²) in [5.41, 5.74) is 3.96. The van der Waals surface area contributed by atoms with Crippen molar-refractivity contribution >= 4 is 5.78 Å². The highest BCUT2D eigenvalue weighted by Gasteiger charge is 2.19. The molecule has 1 aromatic rings. The maximum absolute atomic E-state index is 11.6. The molecular weight excluding hydrogens is 340 g/mol. The van der Waals surface area contributed by atoms with Gasteiger partial charge in [-0.1, -0.05) is 34.9 Å². The summed E-state index contributed by atoms with van der Waals surface area (Å²) in [6.45, 7) is 9.63. The highest BCUT2D eigenvalue weighted by atomic mass is 16.3. The standard InChI is InChI=1S/C23H32O4/c1-15(2)8-6-9-16(3)10-7-11-17(4)12-13-19-20(25)14-21(26)22(18(5)24)23(19)27/h8,10,12,14,25-27H,6-7,9,11,13H2,1-5H3/b16-10-,17-12-. The molecule has 0 heterocycles. The van der Waals surface area contributed by atoms with Crippen molar-refractivity contribution in [1.29, 1.82) is 0 Å². The summed E-state index contributed by atoms with van der Waals surface area (Å²) in [4.78, 5) is 11.6. The third kappa shape index (κ3) is 7.33. The average molecular weight is 373 g/mol. The second kappa shape index (κ2) is 10.6. The molecule has 1 aromatic carbocycles. The van der Waals surface area contributed by atoms with Gasteiger partial charge in [0.05, 0.1) is 0 Å². The van der Waals surface area contributed by atoms with E-state index in [1.807, 2.05) is 13.0 Å². The minimum atomic E-state index is -0.444. The van der Waals surface area contributed by atoms with Crippen LogP contribution < -0.4 is 0 Å². The van der Waals surface area contributed by atoms with Crippen molar-refractivity contribution < 1.29 is 20.1 Å². The first-order valence-electron chi connectivity index (χ1n) is 9.35. The quantitative estimate of drug-likeness (QED) is 0.369. The van der Waals surface area contributed by atoms with Crippen molar-refractivity contribution in [3.05, 3.63) is 52.1 Å². The van der Waals surface area contributed by atoms with Crippen LogP contribution in [0.1, 0.15) is 76.2 Å². The molecule has 0 aliphatic heterocycles. The maximum Gasteiger partial charge on any atom is 0.167 e. The lowest BCUT2D eigenvalue weighted by molar-refractivity contribution is 0.101. The summed E-state index contributed by atoms with van der Waals surface area (Å²) in [5.74, 6) is -1.41. The molecule has 0 fully saturated rings. The molecule has 4 nitrogen and oxygen atoms in total. The van der Waals surface area contributed by atoms with Crippen LogP contribution in [0.3, 0.4) is 0 Å². The predicted octanol–water partition coefficient (Wildman–Crippen LogP) is 5.97. The van der Waals surface area contributed by atoms with E-state index in [2.05, 4.69) is 32.9 Å². The number of phenols is 3. The van der Waals surface area contributed by atoms with E-state index in [0.29, 0.717) is 6.42 Å². The van der Waals surface area contributed by atoms with Crippen molar-refractivity contribution in [2.45, 2.75) is 66.7 Å². The van der Waals surface area contributed by atoms with Gasteiger partial charge >= 0.3 is 0 Å². The van der Waals surface area contributed by atoms with E-state index in [9.17, 15) is 20.1 Å². The molecule has 1 rings (SSSR count). The molecule has 0 aromatic heterocycles. The Kier molecular flexibility index (Phi) is 8.86. The van der Waals surface area contributed by atoms with E-state index < -0.39 is 11.5 Å². The minimum Gasteiger partial charge on any atom is -0.507 e. The number of ketones is 1. The second-order valence-corrected chi connectivity index (χ2v) is 7.34. The number of allylic oxidation sites excluding steroid dienone is 6. The average Bonchev–Trinajstić information content (AvgIpc) is 2.53. The van der Waals surface area contributed by atoms with Crippen LogP contribution in [-0.4, -0.2) is 21.1 Å². The fraction of sp³-hybridized carbons (Fsp3) is 0.435. The Bertz CT molecular complexity index is 763. The summed E-state index contributed by atoms with van der Waals surface area (Å²) >= 11 is 0. The highest BCUT2D eigenvalue weighted by Crippen LogP contribution is 2.38. The Morgan fingerprint density at radius 3 is 1.96 bits per heavy atom. The van der Waals surface area contributed by atoms with Gasteiger partial charge in [-0.25, -0.2) is 0 Å². The molecule has 0 aliphatic rings. The second-order valence-electron chi connectivity index (χ2n) is 7.34. The van der Waals surface area contributed by atoms with Crippen molar-refractivity contribution in [2.75, 3.05) is 0 Å². The van der Waals surface area contributed by atoms with E-state index in [1.165, 1.54) is 18.1 Å². The minimum absolute atomic E-state index is 0.149. The van der Waals surface area contributed by atoms with Gasteiger partial charge in [0, 0.05) is 11.6 Å². The molecule has 0 radical (unpaired) electrons. The molecule has 0 saturated heterocycles. The van der Waals surface area contributed by atoms with E-state index in [0.717, 1.165) is 37.3 Å². The number of rotatable bonds is 9. The van der Waals surface area contributed by atoms with Gasteiger partial charge in [-0.05, 0) is 66.7 Å². The number of hydrogen-bond donors (Lipinski definition) is 3. The zero-order chi connectivity index (χ0) is 20.6. The van der Waals surface area contributed by atoms with Crippen LogP contribution in [0, 0.1) is 0 Å². The number of benzene rings is 1. The lowest BCUT2D eigenvalue weighted by atomic mass is 9.99. The maximum atomic E-state index is 11.6. The van der Waals surface area contributed by atoms with Crippen molar-refractivity contribution in [3.63, 3.8) is 0 Å². The lowest BCUT2D eigenvalue weighted by Gasteiger charge is -2.11. The molecule has 4 heteroatoms.